The van der Waals surface area contributed by atoms with Gasteiger partial charge in [-0.05, 0) is 35.9 Å². The molecule has 128 valence electrons. The van der Waals surface area contributed by atoms with Crippen molar-refractivity contribution in [1.82, 2.24) is 19.6 Å². The van der Waals surface area contributed by atoms with Crippen LogP contribution in [0.1, 0.15) is 5.69 Å². The monoisotopic (exact) mass is 363 g/mol. The van der Waals surface area contributed by atoms with Crippen LogP contribution in [-0.4, -0.2) is 25.5 Å². The van der Waals surface area contributed by atoms with Crippen LogP contribution in [0, 0.1) is 0 Å². The van der Waals surface area contributed by atoms with Crippen molar-refractivity contribution in [3.63, 3.8) is 0 Å². The van der Waals surface area contributed by atoms with Gasteiger partial charge in [-0.2, -0.15) is 0 Å². The third-order valence-corrected chi connectivity index (χ3v) is 4.11. The Kier molecular flexibility index (Phi) is 4.33. The zero-order chi connectivity index (χ0) is 17.9. The van der Waals surface area contributed by atoms with E-state index in [-0.39, 0.29) is 12.3 Å². The maximum Gasteiger partial charge on any atom is 0.231 e. The van der Waals surface area contributed by atoms with Gasteiger partial charge in [0.2, 0.25) is 5.91 Å². The Labute approximate surface area is 154 Å². The lowest BCUT2D eigenvalue weighted by molar-refractivity contribution is -0.115. The largest absolute Gasteiger partial charge is 0.308 e. The number of anilines is 1. The smallest absolute Gasteiger partial charge is 0.231 e. The number of halogens is 1. The van der Waals surface area contributed by atoms with Crippen LogP contribution < -0.4 is 5.32 Å². The molecule has 1 N–H and O–H groups in total. The van der Waals surface area contributed by atoms with Crippen LogP contribution in [0.4, 0.5) is 5.82 Å². The molecule has 1 amide bonds. The summed E-state index contributed by atoms with van der Waals surface area (Å²) in [5.41, 5.74) is 2.97. The Morgan fingerprint density at radius 1 is 1.04 bits per heavy atom. The van der Waals surface area contributed by atoms with E-state index in [0.717, 1.165) is 11.1 Å². The second-order valence-corrected chi connectivity index (χ2v) is 6.10. The fourth-order valence-corrected chi connectivity index (χ4v) is 2.83. The molecule has 0 radical (unpaired) electrons. The number of hydrogen-bond donors (Lipinski definition) is 1. The molecule has 0 spiro atoms. The van der Waals surface area contributed by atoms with Gasteiger partial charge in [0.1, 0.15) is 0 Å². The predicted molar refractivity (Wildman–Crippen MR) is 100 cm³/mol. The first-order chi connectivity index (χ1) is 12.7. The Bertz CT molecular complexity index is 1060. The molecule has 0 unspecified atom stereocenters. The van der Waals surface area contributed by atoms with Crippen molar-refractivity contribution in [2.75, 3.05) is 5.32 Å². The molecule has 1 aromatic carbocycles. The molecule has 3 heterocycles. The summed E-state index contributed by atoms with van der Waals surface area (Å²) in [5, 5.41) is 7.98. The van der Waals surface area contributed by atoms with E-state index in [1.165, 1.54) is 0 Å². The highest BCUT2D eigenvalue weighted by Gasteiger charge is 2.18. The standard InChI is InChI=1S/C19H14ClN5O/c20-14-7-5-13(6-8-14)17-18(24-25-11-3-10-22-19(17)25)23-16(26)12-15-4-1-2-9-21-15/h1-11H,12H2,(H,23,24,26). The Morgan fingerprint density at radius 3 is 2.62 bits per heavy atom. The third kappa shape index (κ3) is 3.27. The van der Waals surface area contributed by atoms with Gasteiger partial charge in [-0.25, -0.2) is 9.50 Å². The normalized spacial score (nSPS) is 10.8. The minimum absolute atomic E-state index is 0.169. The number of nitrogens with one attached hydrogen (secondary N) is 1. The predicted octanol–water partition coefficient (Wildman–Crippen LogP) is 3.63. The second-order valence-electron chi connectivity index (χ2n) is 5.66. The highest BCUT2D eigenvalue weighted by atomic mass is 35.5. The second kappa shape index (κ2) is 6.93. The van der Waals surface area contributed by atoms with Crippen LogP contribution in [0.2, 0.25) is 5.02 Å². The molecule has 0 saturated carbocycles. The van der Waals surface area contributed by atoms with Gasteiger partial charge in [0.25, 0.3) is 0 Å². The highest BCUT2D eigenvalue weighted by molar-refractivity contribution is 6.30. The fraction of sp³-hybridized carbons (Fsp3) is 0.0526. The average Bonchev–Trinajstić information content (AvgIpc) is 3.01. The van der Waals surface area contributed by atoms with Crippen molar-refractivity contribution in [1.29, 1.82) is 0 Å². The maximum absolute atomic E-state index is 12.5. The Hall–Kier alpha value is -3.25. The molecular formula is C19H14ClN5O. The summed E-state index contributed by atoms with van der Waals surface area (Å²) in [6.45, 7) is 0. The molecule has 0 atom stereocenters. The molecule has 0 fully saturated rings. The van der Waals surface area contributed by atoms with E-state index >= 15 is 0 Å². The molecular weight excluding hydrogens is 350 g/mol. The lowest BCUT2D eigenvalue weighted by atomic mass is 10.1. The molecule has 3 aromatic heterocycles. The lowest BCUT2D eigenvalue weighted by Gasteiger charge is -2.05. The number of fused-ring (bicyclic) bond motifs is 1. The van der Waals surface area contributed by atoms with Crippen molar-refractivity contribution in [2.45, 2.75) is 6.42 Å². The van der Waals surface area contributed by atoms with Gasteiger partial charge in [0.05, 0.1) is 12.0 Å². The first-order valence-electron chi connectivity index (χ1n) is 8.00. The van der Waals surface area contributed by atoms with Crippen LogP contribution in [0.15, 0.2) is 67.1 Å². The number of carbonyl (C=O) groups excluding carboxylic acids is 1. The summed E-state index contributed by atoms with van der Waals surface area (Å²) >= 11 is 5.99. The first kappa shape index (κ1) is 16.2. The number of carbonyl (C=O) groups is 1. The lowest BCUT2D eigenvalue weighted by Crippen LogP contribution is -2.16. The van der Waals surface area contributed by atoms with Crippen LogP contribution in [-0.2, 0) is 11.2 Å². The molecule has 0 aliphatic heterocycles. The summed E-state index contributed by atoms with van der Waals surface area (Å²) in [6.07, 6.45) is 5.31. The van der Waals surface area contributed by atoms with Gasteiger partial charge >= 0.3 is 0 Å². The van der Waals surface area contributed by atoms with Crippen molar-refractivity contribution in [3.8, 4) is 11.1 Å². The van der Waals surface area contributed by atoms with E-state index in [1.807, 2.05) is 30.3 Å². The van der Waals surface area contributed by atoms with Gasteiger partial charge in [-0.15, -0.1) is 5.10 Å². The van der Waals surface area contributed by atoms with Crippen LogP contribution in [0.25, 0.3) is 16.8 Å². The van der Waals surface area contributed by atoms with E-state index < -0.39 is 0 Å². The summed E-state index contributed by atoms with van der Waals surface area (Å²) in [5.74, 6) is 0.259. The number of aromatic nitrogens is 4. The number of nitrogens with zero attached hydrogens (tertiary/aromatic N) is 4. The summed E-state index contributed by atoms with van der Waals surface area (Å²) in [7, 11) is 0. The van der Waals surface area contributed by atoms with Gasteiger partial charge in [0.15, 0.2) is 11.5 Å². The van der Waals surface area contributed by atoms with Crippen LogP contribution >= 0.6 is 11.6 Å². The summed E-state index contributed by atoms with van der Waals surface area (Å²) in [6, 6.07) is 14.6. The van der Waals surface area contributed by atoms with E-state index in [0.29, 0.717) is 22.2 Å². The van der Waals surface area contributed by atoms with E-state index in [4.69, 9.17) is 11.6 Å². The first-order valence-corrected chi connectivity index (χ1v) is 8.37. The van der Waals surface area contributed by atoms with Crippen molar-refractivity contribution in [2.24, 2.45) is 0 Å². The topological polar surface area (TPSA) is 72.2 Å². The molecule has 0 aliphatic rings. The molecule has 26 heavy (non-hydrogen) atoms. The number of rotatable bonds is 4. The fourth-order valence-electron chi connectivity index (χ4n) is 2.70. The molecule has 7 heteroatoms. The average molecular weight is 364 g/mol. The van der Waals surface area contributed by atoms with E-state index in [2.05, 4.69) is 20.4 Å². The number of amides is 1. The zero-order valence-corrected chi connectivity index (χ0v) is 14.4. The van der Waals surface area contributed by atoms with E-state index in [9.17, 15) is 4.79 Å². The van der Waals surface area contributed by atoms with E-state index in [1.54, 1.807) is 41.3 Å². The third-order valence-electron chi connectivity index (χ3n) is 3.85. The molecule has 4 rings (SSSR count). The zero-order valence-electron chi connectivity index (χ0n) is 13.6. The molecule has 4 aromatic rings. The van der Waals surface area contributed by atoms with Gasteiger partial charge in [-0.3, -0.25) is 9.78 Å². The number of hydrogen-bond acceptors (Lipinski definition) is 4. The molecule has 0 saturated heterocycles. The van der Waals surface area contributed by atoms with Gasteiger partial charge in [0, 0.05) is 29.3 Å². The Balaban J connectivity index is 1.71. The van der Waals surface area contributed by atoms with Crippen LogP contribution in [0.3, 0.4) is 0 Å². The Morgan fingerprint density at radius 2 is 1.85 bits per heavy atom. The van der Waals surface area contributed by atoms with Gasteiger partial charge < -0.3 is 5.32 Å². The summed E-state index contributed by atoms with van der Waals surface area (Å²) in [4.78, 5) is 21.0. The number of pyridine rings is 1. The van der Waals surface area contributed by atoms with Crippen molar-refractivity contribution >= 4 is 29.0 Å². The molecule has 6 nitrogen and oxygen atoms in total. The minimum atomic E-state index is -0.192. The minimum Gasteiger partial charge on any atom is -0.308 e. The van der Waals surface area contributed by atoms with Gasteiger partial charge in [-0.1, -0.05) is 29.8 Å². The molecule has 0 aliphatic carbocycles. The van der Waals surface area contributed by atoms with Crippen molar-refractivity contribution < 1.29 is 4.79 Å². The summed E-state index contributed by atoms with van der Waals surface area (Å²) < 4.78 is 1.64. The van der Waals surface area contributed by atoms with Crippen molar-refractivity contribution in [3.05, 3.63) is 77.8 Å². The van der Waals surface area contributed by atoms with Crippen LogP contribution in [0.5, 0.6) is 0 Å². The molecule has 0 bridgehead atoms. The maximum atomic E-state index is 12.5. The SMILES string of the molecule is O=C(Cc1ccccn1)Nc1nn2cccnc2c1-c1ccc(Cl)cc1. The quantitative estimate of drug-likeness (QED) is 0.601. The number of benzene rings is 1. The highest BCUT2D eigenvalue weighted by Crippen LogP contribution is 2.31.